The van der Waals surface area contributed by atoms with E-state index in [0.29, 0.717) is 12.3 Å². The van der Waals surface area contributed by atoms with Gasteiger partial charge in [0.2, 0.25) is 5.91 Å². The number of carbonyl (C=O) groups excluding carboxylic acids is 1. The number of carbonyl (C=O) groups is 1. The van der Waals surface area contributed by atoms with E-state index in [1.54, 1.807) is 13.0 Å². The first-order valence-corrected chi connectivity index (χ1v) is 4.58. The van der Waals surface area contributed by atoms with Gasteiger partial charge in [0.1, 0.15) is 0 Å². The SMILES string of the molecule is CCOc1ccc(NCC(N)=O)cc1F. The summed E-state index contributed by atoms with van der Waals surface area (Å²) < 4.78 is 18.3. The number of primary amides is 1. The van der Waals surface area contributed by atoms with Crippen LogP contribution in [0.15, 0.2) is 18.2 Å². The molecule has 0 aliphatic rings. The molecule has 15 heavy (non-hydrogen) atoms. The number of anilines is 1. The molecule has 0 saturated heterocycles. The quantitative estimate of drug-likeness (QED) is 0.768. The highest BCUT2D eigenvalue weighted by molar-refractivity contribution is 5.78. The maximum atomic E-state index is 13.3. The van der Waals surface area contributed by atoms with Crippen LogP contribution in [0.1, 0.15) is 6.92 Å². The highest BCUT2D eigenvalue weighted by Crippen LogP contribution is 2.20. The minimum Gasteiger partial charge on any atom is -0.491 e. The molecule has 0 atom stereocenters. The van der Waals surface area contributed by atoms with Crippen LogP contribution in [0.3, 0.4) is 0 Å². The summed E-state index contributed by atoms with van der Waals surface area (Å²) >= 11 is 0. The molecule has 0 unspecified atom stereocenters. The lowest BCUT2D eigenvalue weighted by molar-refractivity contribution is -0.116. The van der Waals surface area contributed by atoms with Crippen LogP contribution < -0.4 is 15.8 Å². The number of ether oxygens (including phenoxy) is 1. The zero-order valence-electron chi connectivity index (χ0n) is 8.42. The fourth-order valence-electron chi connectivity index (χ4n) is 1.07. The Morgan fingerprint density at radius 2 is 2.33 bits per heavy atom. The van der Waals surface area contributed by atoms with Crippen molar-refractivity contribution in [2.24, 2.45) is 5.73 Å². The Balaban J connectivity index is 2.68. The first-order valence-electron chi connectivity index (χ1n) is 4.58. The summed E-state index contributed by atoms with van der Waals surface area (Å²) in [7, 11) is 0. The molecule has 4 nitrogen and oxygen atoms in total. The fourth-order valence-corrected chi connectivity index (χ4v) is 1.07. The van der Waals surface area contributed by atoms with Gasteiger partial charge in [0.25, 0.3) is 0 Å². The van der Waals surface area contributed by atoms with Gasteiger partial charge in [-0.05, 0) is 19.1 Å². The third-order valence-electron chi connectivity index (χ3n) is 1.70. The number of benzene rings is 1. The van der Waals surface area contributed by atoms with Crippen molar-refractivity contribution in [3.63, 3.8) is 0 Å². The van der Waals surface area contributed by atoms with E-state index in [1.165, 1.54) is 12.1 Å². The molecular weight excluding hydrogens is 199 g/mol. The van der Waals surface area contributed by atoms with E-state index in [1.807, 2.05) is 0 Å². The number of hydrogen-bond acceptors (Lipinski definition) is 3. The summed E-state index contributed by atoms with van der Waals surface area (Å²) in [5.74, 6) is -0.766. The number of nitrogens with one attached hydrogen (secondary N) is 1. The number of rotatable bonds is 5. The van der Waals surface area contributed by atoms with Gasteiger partial charge in [0, 0.05) is 11.8 Å². The lowest BCUT2D eigenvalue weighted by Crippen LogP contribution is -2.21. The maximum Gasteiger partial charge on any atom is 0.236 e. The molecule has 0 radical (unpaired) electrons. The maximum absolute atomic E-state index is 13.3. The molecular formula is C10H13FN2O2. The second kappa shape index (κ2) is 5.19. The van der Waals surface area contributed by atoms with Crippen LogP contribution in [0.2, 0.25) is 0 Å². The summed E-state index contributed by atoms with van der Waals surface area (Å²) in [5.41, 5.74) is 5.43. The van der Waals surface area contributed by atoms with Crippen LogP contribution in [0.4, 0.5) is 10.1 Å². The van der Waals surface area contributed by atoms with Crippen molar-refractivity contribution in [3.05, 3.63) is 24.0 Å². The van der Waals surface area contributed by atoms with E-state index in [0.717, 1.165) is 0 Å². The normalized spacial score (nSPS) is 9.73. The van der Waals surface area contributed by atoms with Gasteiger partial charge in [-0.2, -0.15) is 0 Å². The minimum atomic E-state index is -0.496. The molecule has 1 aromatic carbocycles. The van der Waals surface area contributed by atoms with Crippen LogP contribution >= 0.6 is 0 Å². The van der Waals surface area contributed by atoms with E-state index >= 15 is 0 Å². The van der Waals surface area contributed by atoms with Crippen molar-refractivity contribution in [1.29, 1.82) is 0 Å². The topological polar surface area (TPSA) is 64.3 Å². The fraction of sp³-hybridized carbons (Fsp3) is 0.300. The van der Waals surface area contributed by atoms with Gasteiger partial charge in [-0.3, -0.25) is 4.79 Å². The summed E-state index contributed by atoms with van der Waals surface area (Å²) in [4.78, 5) is 10.5. The molecule has 0 aliphatic heterocycles. The van der Waals surface area contributed by atoms with Gasteiger partial charge in [0.05, 0.1) is 13.2 Å². The Kier molecular flexibility index (Phi) is 3.91. The Hall–Kier alpha value is -1.78. The van der Waals surface area contributed by atoms with Gasteiger partial charge in [-0.1, -0.05) is 0 Å². The highest BCUT2D eigenvalue weighted by atomic mass is 19.1. The zero-order chi connectivity index (χ0) is 11.3. The third-order valence-corrected chi connectivity index (χ3v) is 1.70. The van der Waals surface area contributed by atoms with E-state index in [-0.39, 0.29) is 12.3 Å². The highest BCUT2D eigenvalue weighted by Gasteiger charge is 2.04. The molecule has 0 heterocycles. The van der Waals surface area contributed by atoms with Crippen LogP contribution in [0, 0.1) is 5.82 Å². The Morgan fingerprint density at radius 3 is 2.87 bits per heavy atom. The van der Waals surface area contributed by atoms with Crippen molar-refractivity contribution < 1.29 is 13.9 Å². The summed E-state index contributed by atoms with van der Waals surface area (Å²) in [5, 5.41) is 2.68. The van der Waals surface area contributed by atoms with Crippen LogP contribution in [-0.2, 0) is 4.79 Å². The average Bonchev–Trinajstić information content (AvgIpc) is 2.19. The molecule has 1 rings (SSSR count). The summed E-state index contributed by atoms with van der Waals surface area (Å²) in [6.07, 6.45) is 0. The predicted octanol–water partition coefficient (Wildman–Crippen LogP) is 1.12. The molecule has 0 bridgehead atoms. The lowest BCUT2D eigenvalue weighted by Gasteiger charge is -2.07. The van der Waals surface area contributed by atoms with Gasteiger partial charge in [0.15, 0.2) is 11.6 Å². The van der Waals surface area contributed by atoms with Gasteiger partial charge in [-0.15, -0.1) is 0 Å². The molecule has 0 spiro atoms. The second-order valence-electron chi connectivity index (χ2n) is 2.90. The third kappa shape index (κ3) is 3.46. The summed E-state index contributed by atoms with van der Waals surface area (Å²) in [6, 6.07) is 4.38. The number of hydrogen-bond donors (Lipinski definition) is 2. The number of amides is 1. The molecule has 5 heteroatoms. The molecule has 82 valence electrons. The van der Waals surface area contributed by atoms with Crippen LogP contribution in [0.25, 0.3) is 0 Å². The van der Waals surface area contributed by atoms with Gasteiger partial charge < -0.3 is 15.8 Å². The Labute approximate surface area is 87.2 Å². The molecule has 0 saturated carbocycles. The van der Waals surface area contributed by atoms with Crippen LogP contribution in [-0.4, -0.2) is 19.1 Å². The number of nitrogens with two attached hydrogens (primary N) is 1. The van der Waals surface area contributed by atoms with Gasteiger partial charge in [-0.25, -0.2) is 4.39 Å². The zero-order valence-corrected chi connectivity index (χ0v) is 8.42. The van der Waals surface area contributed by atoms with E-state index < -0.39 is 11.7 Å². The van der Waals surface area contributed by atoms with Crippen molar-refractivity contribution in [2.45, 2.75) is 6.92 Å². The first kappa shape index (κ1) is 11.3. The first-order chi connectivity index (χ1) is 7.13. The molecule has 0 fully saturated rings. The average molecular weight is 212 g/mol. The van der Waals surface area contributed by atoms with E-state index in [2.05, 4.69) is 5.32 Å². The van der Waals surface area contributed by atoms with E-state index in [9.17, 15) is 9.18 Å². The van der Waals surface area contributed by atoms with Crippen molar-refractivity contribution in [1.82, 2.24) is 0 Å². The summed E-state index contributed by atoms with van der Waals surface area (Å²) in [6.45, 7) is 2.16. The smallest absolute Gasteiger partial charge is 0.236 e. The molecule has 1 amide bonds. The molecule has 0 aromatic heterocycles. The van der Waals surface area contributed by atoms with Crippen molar-refractivity contribution >= 4 is 11.6 Å². The minimum absolute atomic E-state index is 0.0204. The van der Waals surface area contributed by atoms with E-state index in [4.69, 9.17) is 10.5 Å². The Morgan fingerprint density at radius 1 is 1.60 bits per heavy atom. The standard InChI is InChI=1S/C10H13FN2O2/c1-2-15-9-4-3-7(5-8(9)11)13-6-10(12)14/h3-5,13H,2,6H2,1H3,(H2,12,14). The second-order valence-corrected chi connectivity index (χ2v) is 2.90. The molecule has 1 aromatic rings. The lowest BCUT2D eigenvalue weighted by atomic mass is 10.3. The van der Waals surface area contributed by atoms with Crippen molar-refractivity contribution in [3.8, 4) is 5.75 Å². The molecule has 3 N–H and O–H groups in total. The number of halogens is 1. The predicted molar refractivity (Wildman–Crippen MR) is 55.3 cm³/mol. The Bertz CT molecular complexity index is 355. The van der Waals surface area contributed by atoms with Gasteiger partial charge >= 0.3 is 0 Å². The largest absolute Gasteiger partial charge is 0.491 e. The van der Waals surface area contributed by atoms with Crippen LogP contribution in [0.5, 0.6) is 5.75 Å². The van der Waals surface area contributed by atoms with Crippen molar-refractivity contribution in [2.75, 3.05) is 18.5 Å². The monoisotopic (exact) mass is 212 g/mol. The molecule has 0 aliphatic carbocycles.